The van der Waals surface area contributed by atoms with Crippen molar-refractivity contribution < 1.29 is 14.1 Å². The molecule has 32 heavy (non-hydrogen) atoms. The lowest BCUT2D eigenvalue weighted by Crippen LogP contribution is -2.40. The zero-order valence-corrected chi connectivity index (χ0v) is 18.8. The van der Waals surface area contributed by atoms with Gasteiger partial charge in [0.2, 0.25) is 17.6 Å². The molecule has 2 heterocycles. The summed E-state index contributed by atoms with van der Waals surface area (Å²) in [5.41, 5.74) is 1.75. The molecule has 0 atom stereocenters. The highest BCUT2D eigenvalue weighted by Crippen LogP contribution is 2.26. The van der Waals surface area contributed by atoms with Gasteiger partial charge >= 0.3 is 0 Å². The largest absolute Gasteiger partial charge is 0.494 e. The van der Waals surface area contributed by atoms with Gasteiger partial charge in [-0.05, 0) is 51.1 Å². The molecule has 2 aromatic carbocycles. The fraction of sp³-hybridized carbons (Fsp3) is 0.375. The van der Waals surface area contributed by atoms with Crippen molar-refractivity contribution in [2.24, 2.45) is 5.92 Å². The van der Waals surface area contributed by atoms with Gasteiger partial charge in [0.15, 0.2) is 0 Å². The minimum atomic E-state index is 0.00637. The first-order valence-corrected chi connectivity index (χ1v) is 11.3. The number of likely N-dealkylation sites (tertiary alicyclic amines) is 1. The molecule has 1 N–H and O–H groups in total. The molecule has 1 amide bonds. The minimum absolute atomic E-state index is 0.00637. The molecular formula is C24H27ClN4O3. The number of halogens is 1. The summed E-state index contributed by atoms with van der Waals surface area (Å²) in [6.45, 7) is 5.20. The van der Waals surface area contributed by atoms with Crippen LogP contribution < -0.4 is 10.1 Å². The predicted molar refractivity (Wildman–Crippen MR) is 122 cm³/mol. The zero-order valence-electron chi connectivity index (χ0n) is 18.1. The van der Waals surface area contributed by atoms with Gasteiger partial charge in [0.25, 0.3) is 0 Å². The van der Waals surface area contributed by atoms with E-state index in [1.54, 1.807) is 6.07 Å². The lowest BCUT2D eigenvalue weighted by molar-refractivity contribution is -0.126. The highest BCUT2D eigenvalue weighted by atomic mass is 35.5. The van der Waals surface area contributed by atoms with Gasteiger partial charge in [-0.15, -0.1) is 0 Å². The molecule has 3 aromatic rings. The van der Waals surface area contributed by atoms with Crippen LogP contribution in [0.1, 0.15) is 31.2 Å². The number of aromatic nitrogens is 2. The molecule has 0 bridgehead atoms. The summed E-state index contributed by atoms with van der Waals surface area (Å²) in [5, 5.41) is 7.72. The number of piperidine rings is 1. The van der Waals surface area contributed by atoms with Crippen LogP contribution in [0.2, 0.25) is 5.02 Å². The lowest BCUT2D eigenvalue weighted by Gasteiger charge is -2.30. The van der Waals surface area contributed by atoms with Gasteiger partial charge in [-0.3, -0.25) is 9.69 Å². The first kappa shape index (κ1) is 22.3. The molecule has 0 radical (unpaired) electrons. The van der Waals surface area contributed by atoms with Gasteiger partial charge in [0.05, 0.1) is 18.2 Å². The topological polar surface area (TPSA) is 80.5 Å². The van der Waals surface area contributed by atoms with E-state index in [0.717, 1.165) is 42.8 Å². The second-order valence-electron chi connectivity index (χ2n) is 7.80. The van der Waals surface area contributed by atoms with Crippen molar-refractivity contribution in [1.29, 1.82) is 0 Å². The van der Waals surface area contributed by atoms with Gasteiger partial charge in [-0.2, -0.15) is 4.98 Å². The van der Waals surface area contributed by atoms with E-state index in [1.807, 2.05) is 49.4 Å². The molecule has 4 rings (SSSR count). The van der Waals surface area contributed by atoms with Gasteiger partial charge in [0, 0.05) is 23.6 Å². The summed E-state index contributed by atoms with van der Waals surface area (Å²) in [5.74, 6) is 1.96. The van der Waals surface area contributed by atoms with Crippen molar-refractivity contribution >= 4 is 17.5 Å². The number of benzene rings is 2. The molecule has 1 aliphatic heterocycles. The second-order valence-corrected chi connectivity index (χ2v) is 8.21. The number of hydrogen-bond donors (Lipinski definition) is 1. The van der Waals surface area contributed by atoms with Crippen molar-refractivity contribution in [3.05, 3.63) is 65.0 Å². The molecule has 8 heteroatoms. The average molecular weight is 455 g/mol. The van der Waals surface area contributed by atoms with Crippen LogP contribution in [0.4, 0.5) is 0 Å². The fourth-order valence-electron chi connectivity index (χ4n) is 3.89. The summed E-state index contributed by atoms with van der Waals surface area (Å²) < 4.78 is 11.1. The number of amides is 1. The molecule has 1 aromatic heterocycles. The summed E-state index contributed by atoms with van der Waals surface area (Å²) in [7, 11) is 0. The van der Waals surface area contributed by atoms with Crippen LogP contribution in [0, 0.1) is 5.92 Å². The Labute approximate surface area is 192 Å². The summed E-state index contributed by atoms with van der Waals surface area (Å²) in [4.78, 5) is 19.4. The van der Waals surface area contributed by atoms with Crippen LogP contribution in [0.5, 0.6) is 5.75 Å². The Bertz CT molecular complexity index is 1050. The number of carbonyl (C=O) groups is 1. The van der Waals surface area contributed by atoms with Crippen molar-refractivity contribution in [1.82, 2.24) is 20.4 Å². The Balaban J connectivity index is 1.26. The maximum absolute atomic E-state index is 12.7. The first-order valence-electron chi connectivity index (χ1n) is 10.9. The quantitative estimate of drug-likeness (QED) is 0.546. The third-order valence-electron chi connectivity index (χ3n) is 5.63. The van der Waals surface area contributed by atoms with Crippen LogP contribution in [-0.4, -0.2) is 40.6 Å². The third kappa shape index (κ3) is 5.47. The highest BCUT2D eigenvalue weighted by Gasteiger charge is 2.26. The number of ether oxygens (including phenoxy) is 1. The summed E-state index contributed by atoms with van der Waals surface area (Å²) in [6.07, 6.45) is 1.59. The van der Waals surface area contributed by atoms with Crippen LogP contribution >= 0.6 is 11.6 Å². The predicted octanol–water partition coefficient (Wildman–Crippen LogP) is 4.32. The second kappa shape index (κ2) is 10.6. The third-order valence-corrected chi connectivity index (χ3v) is 5.96. The lowest BCUT2D eigenvalue weighted by atomic mass is 9.96. The van der Waals surface area contributed by atoms with Crippen molar-refractivity contribution in [2.75, 3.05) is 19.7 Å². The molecule has 1 saturated heterocycles. The maximum Gasteiger partial charge on any atom is 0.241 e. The Kier molecular flexibility index (Phi) is 7.39. The van der Waals surface area contributed by atoms with Crippen LogP contribution in [0.15, 0.2) is 53.1 Å². The Hall–Kier alpha value is -2.90. The van der Waals surface area contributed by atoms with Gasteiger partial charge in [-0.25, -0.2) is 0 Å². The number of hydrogen-bond acceptors (Lipinski definition) is 6. The SMILES string of the molecule is CCOc1ccccc1CNC(=O)C1CCN(Cc2nc(-c3ccccc3Cl)no2)CC1. The zero-order chi connectivity index (χ0) is 22.3. The summed E-state index contributed by atoms with van der Waals surface area (Å²) in [6, 6.07) is 15.2. The molecule has 1 fully saturated rings. The van der Waals surface area contributed by atoms with E-state index in [0.29, 0.717) is 36.4 Å². The van der Waals surface area contributed by atoms with E-state index in [4.69, 9.17) is 20.9 Å². The van der Waals surface area contributed by atoms with E-state index >= 15 is 0 Å². The van der Waals surface area contributed by atoms with Crippen LogP contribution in [0.25, 0.3) is 11.4 Å². The molecule has 7 nitrogen and oxygen atoms in total. The van der Waals surface area contributed by atoms with E-state index < -0.39 is 0 Å². The minimum Gasteiger partial charge on any atom is -0.494 e. The standard InChI is InChI=1S/C24H27ClN4O3/c1-2-31-21-10-6-3-7-18(21)15-26-24(30)17-11-13-29(14-12-17)16-22-27-23(28-32-22)19-8-4-5-9-20(19)25/h3-10,17H,2,11-16H2,1H3,(H,26,30). The normalized spacial score (nSPS) is 14.9. The molecule has 0 spiro atoms. The Morgan fingerprint density at radius 1 is 1.19 bits per heavy atom. The van der Waals surface area contributed by atoms with Crippen molar-refractivity contribution in [2.45, 2.75) is 32.9 Å². The first-order chi connectivity index (χ1) is 15.6. The Morgan fingerprint density at radius 3 is 2.72 bits per heavy atom. The van der Waals surface area contributed by atoms with E-state index in [-0.39, 0.29) is 11.8 Å². The van der Waals surface area contributed by atoms with Gasteiger partial charge in [-0.1, -0.05) is 47.1 Å². The van der Waals surface area contributed by atoms with E-state index in [2.05, 4.69) is 20.4 Å². The molecule has 0 saturated carbocycles. The molecule has 1 aliphatic rings. The van der Waals surface area contributed by atoms with Gasteiger partial charge < -0.3 is 14.6 Å². The van der Waals surface area contributed by atoms with Crippen LogP contribution in [-0.2, 0) is 17.9 Å². The number of para-hydroxylation sites is 1. The molecule has 0 aliphatic carbocycles. The monoisotopic (exact) mass is 454 g/mol. The van der Waals surface area contributed by atoms with E-state index in [1.165, 1.54) is 0 Å². The van der Waals surface area contributed by atoms with Crippen molar-refractivity contribution in [3.63, 3.8) is 0 Å². The van der Waals surface area contributed by atoms with Gasteiger partial charge in [0.1, 0.15) is 5.75 Å². The fourth-order valence-corrected chi connectivity index (χ4v) is 4.11. The summed E-state index contributed by atoms with van der Waals surface area (Å²) >= 11 is 6.22. The number of nitrogens with zero attached hydrogens (tertiary/aromatic N) is 3. The smallest absolute Gasteiger partial charge is 0.241 e. The number of rotatable bonds is 8. The van der Waals surface area contributed by atoms with Crippen molar-refractivity contribution in [3.8, 4) is 17.1 Å². The number of nitrogens with one attached hydrogen (secondary N) is 1. The molecule has 168 valence electrons. The van der Waals surface area contributed by atoms with Crippen LogP contribution in [0.3, 0.4) is 0 Å². The Morgan fingerprint density at radius 2 is 1.94 bits per heavy atom. The highest BCUT2D eigenvalue weighted by molar-refractivity contribution is 6.33. The molecule has 0 unspecified atom stereocenters. The van der Waals surface area contributed by atoms with E-state index in [9.17, 15) is 4.79 Å². The average Bonchev–Trinajstić information content (AvgIpc) is 3.27. The maximum atomic E-state index is 12.7. The molecular weight excluding hydrogens is 428 g/mol. The number of carbonyl (C=O) groups excluding carboxylic acids is 1.